The summed E-state index contributed by atoms with van der Waals surface area (Å²) in [6.07, 6.45) is 0.360. The second-order valence-corrected chi connectivity index (χ2v) is 5.97. The molecule has 0 unspecified atom stereocenters. The molecule has 0 spiro atoms. The van der Waals surface area contributed by atoms with Gasteiger partial charge in [0.05, 0.1) is 12.1 Å². The molecule has 2 heterocycles. The first-order chi connectivity index (χ1) is 9.99. The first-order valence-corrected chi connectivity index (χ1v) is 7.35. The van der Waals surface area contributed by atoms with Crippen LogP contribution in [0.4, 0.5) is 4.79 Å². The van der Waals surface area contributed by atoms with Gasteiger partial charge in [0.25, 0.3) is 0 Å². The fourth-order valence-corrected chi connectivity index (χ4v) is 3.68. The molecule has 112 valence electrons. The lowest BCUT2D eigenvalue weighted by Gasteiger charge is -2.44. The minimum Gasteiger partial charge on any atom is -0.465 e. The van der Waals surface area contributed by atoms with Crippen LogP contribution in [0.25, 0.3) is 0 Å². The third kappa shape index (κ3) is 2.26. The van der Waals surface area contributed by atoms with E-state index in [9.17, 15) is 14.7 Å². The van der Waals surface area contributed by atoms with Crippen molar-refractivity contribution in [3.05, 3.63) is 34.9 Å². The van der Waals surface area contributed by atoms with E-state index in [-0.39, 0.29) is 18.0 Å². The highest BCUT2D eigenvalue weighted by atomic mass is 16.4. The molecule has 2 fully saturated rings. The summed E-state index contributed by atoms with van der Waals surface area (Å²) in [6, 6.07) is 5.83. The Hall–Kier alpha value is -2.04. The van der Waals surface area contributed by atoms with Crippen LogP contribution < -0.4 is 0 Å². The largest absolute Gasteiger partial charge is 0.465 e. The molecule has 5 nitrogen and oxygen atoms in total. The topological polar surface area (TPSA) is 60.9 Å². The summed E-state index contributed by atoms with van der Waals surface area (Å²) in [5.41, 5.74) is 3.27. The first kappa shape index (κ1) is 13.9. The van der Waals surface area contributed by atoms with Gasteiger partial charge < -0.3 is 10.0 Å². The molecule has 0 aromatic heterocycles. The monoisotopic (exact) mass is 288 g/mol. The number of carboxylic acid groups (broad SMARTS) is 1. The predicted octanol–water partition coefficient (Wildman–Crippen LogP) is 2.33. The molecule has 1 N–H and O–H groups in total. The Labute approximate surface area is 124 Å². The van der Waals surface area contributed by atoms with Crippen molar-refractivity contribution in [1.29, 1.82) is 0 Å². The Bertz CT molecular complexity index is 599. The van der Waals surface area contributed by atoms with Crippen LogP contribution in [0.15, 0.2) is 18.2 Å². The summed E-state index contributed by atoms with van der Waals surface area (Å²) >= 11 is 0. The van der Waals surface area contributed by atoms with Crippen LogP contribution in [0.3, 0.4) is 0 Å². The lowest BCUT2D eigenvalue weighted by molar-refractivity contribution is -0.131. The average molecular weight is 288 g/mol. The predicted molar refractivity (Wildman–Crippen MR) is 78.1 cm³/mol. The Morgan fingerprint density at radius 1 is 1.29 bits per heavy atom. The van der Waals surface area contributed by atoms with Crippen LogP contribution in [0.2, 0.25) is 0 Å². The SMILES string of the molecule is Cc1ccc([C@H]2[C@@H]3CCC(=O)N3CCN2C(=O)O)c(C)c1. The summed E-state index contributed by atoms with van der Waals surface area (Å²) < 4.78 is 0. The number of rotatable bonds is 1. The number of nitrogens with zero attached hydrogens (tertiary/aromatic N) is 2. The fourth-order valence-electron chi connectivity index (χ4n) is 3.68. The molecule has 2 aliphatic heterocycles. The summed E-state index contributed by atoms with van der Waals surface area (Å²) in [4.78, 5) is 26.9. The molecule has 1 aromatic rings. The van der Waals surface area contributed by atoms with Crippen LogP contribution in [-0.2, 0) is 4.79 Å². The number of aryl methyl sites for hydroxylation is 2. The zero-order valence-electron chi connectivity index (χ0n) is 12.4. The molecule has 3 rings (SSSR count). The third-order valence-corrected chi connectivity index (χ3v) is 4.65. The van der Waals surface area contributed by atoms with Crippen LogP contribution in [0.5, 0.6) is 0 Å². The number of benzene rings is 1. The summed E-state index contributed by atoms with van der Waals surface area (Å²) in [7, 11) is 0. The molecule has 2 atom stereocenters. The maximum atomic E-state index is 12.0. The lowest BCUT2D eigenvalue weighted by atomic mass is 9.90. The van der Waals surface area contributed by atoms with E-state index in [1.165, 1.54) is 4.90 Å². The minimum absolute atomic E-state index is 0.0243. The number of hydrogen-bond acceptors (Lipinski definition) is 2. The van der Waals surface area contributed by atoms with Crippen LogP contribution in [0, 0.1) is 13.8 Å². The molecule has 2 amide bonds. The molecule has 0 aliphatic carbocycles. The molecule has 0 saturated carbocycles. The van der Waals surface area contributed by atoms with E-state index in [1.807, 2.05) is 30.9 Å². The van der Waals surface area contributed by atoms with Gasteiger partial charge in [-0.15, -0.1) is 0 Å². The van der Waals surface area contributed by atoms with Crippen molar-refractivity contribution in [2.45, 2.75) is 38.8 Å². The van der Waals surface area contributed by atoms with Gasteiger partial charge in [0.1, 0.15) is 0 Å². The van der Waals surface area contributed by atoms with E-state index in [2.05, 4.69) is 6.07 Å². The first-order valence-electron chi connectivity index (χ1n) is 7.35. The van der Waals surface area contributed by atoms with E-state index < -0.39 is 6.09 Å². The van der Waals surface area contributed by atoms with Gasteiger partial charge in [0.15, 0.2) is 0 Å². The molecular formula is C16H20N2O3. The van der Waals surface area contributed by atoms with Gasteiger partial charge in [-0.1, -0.05) is 23.8 Å². The Balaban J connectivity index is 2.04. The van der Waals surface area contributed by atoms with Crippen molar-refractivity contribution in [3.8, 4) is 0 Å². The fraction of sp³-hybridized carbons (Fsp3) is 0.500. The van der Waals surface area contributed by atoms with Crippen molar-refractivity contribution < 1.29 is 14.7 Å². The quantitative estimate of drug-likeness (QED) is 0.862. The number of amides is 2. The smallest absolute Gasteiger partial charge is 0.407 e. The average Bonchev–Trinajstić information content (AvgIpc) is 2.80. The van der Waals surface area contributed by atoms with Crippen LogP contribution >= 0.6 is 0 Å². The maximum Gasteiger partial charge on any atom is 0.407 e. The van der Waals surface area contributed by atoms with E-state index in [4.69, 9.17) is 0 Å². The third-order valence-electron chi connectivity index (χ3n) is 4.65. The zero-order valence-corrected chi connectivity index (χ0v) is 12.4. The van der Waals surface area contributed by atoms with Crippen molar-refractivity contribution in [2.75, 3.05) is 13.1 Å². The van der Waals surface area contributed by atoms with Gasteiger partial charge in [0.2, 0.25) is 5.91 Å². The molecule has 21 heavy (non-hydrogen) atoms. The van der Waals surface area contributed by atoms with Crippen molar-refractivity contribution in [2.24, 2.45) is 0 Å². The Morgan fingerprint density at radius 3 is 2.71 bits per heavy atom. The van der Waals surface area contributed by atoms with Gasteiger partial charge in [-0.05, 0) is 31.4 Å². The van der Waals surface area contributed by atoms with Gasteiger partial charge in [-0.25, -0.2) is 4.79 Å². The summed E-state index contributed by atoms with van der Waals surface area (Å²) in [5.74, 6) is 0.153. The summed E-state index contributed by atoms with van der Waals surface area (Å²) in [5, 5.41) is 9.52. The van der Waals surface area contributed by atoms with Gasteiger partial charge in [-0.3, -0.25) is 9.69 Å². The highest BCUT2D eigenvalue weighted by Gasteiger charge is 2.45. The number of piperazine rings is 1. The lowest BCUT2D eigenvalue weighted by Crippen LogP contribution is -2.54. The van der Waals surface area contributed by atoms with Crippen LogP contribution in [0.1, 0.15) is 35.6 Å². The normalized spacial score (nSPS) is 25.1. The van der Waals surface area contributed by atoms with Crippen molar-refractivity contribution >= 4 is 12.0 Å². The standard InChI is InChI=1S/C16H20N2O3/c1-10-3-4-12(11(2)9-10)15-13-5-6-14(19)17(13)7-8-18(15)16(20)21/h3-4,9,13,15H,5-8H2,1-2H3,(H,20,21)/t13-,15-/m0/s1. The molecule has 5 heteroatoms. The minimum atomic E-state index is -0.904. The second kappa shape index (κ2) is 5.06. The Morgan fingerprint density at radius 2 is 2.05 bits per heavy atom. The number of hydrogen-bond donors (Lipinski definition) is 1. The van der Waals surface area contributed by atoms with Gasteiger partial charge in [-0.2, -0.15) is 0 Å². The van der Waals surface area contributed by atoms with Crippen molar-refractivity contribution in [3.63, 3.8) is 0 Å². The Kier molecular flexibility index (Phi) is 3.35. The number of carbonyl (C=O) groups excluding carboxylic acids is 1. The highest BCUT2D eigenvalue weighted by Crippen LogP contribution is 2.38. The molecule has 1 aromatic carbocycles. The number of fused-ring (bicyclic) bond motifs is 1. The second-order valence-electron chi connectivity index (χ2n) is 5.97. The molecule has 0 bridgehead atoms. The van der Waals surface area contributed by atoms with Gasteiger partial charge in [0, 0.05) is 19.5 Å². The summed E-state index contributed by atoms with van der Waals surface area (Å²) in [6.45, 7) is 4.93. The van der Waals surface area contributed by atoms with E-state index in [1.54, 1.807) is 0 Å². The maximum absolute atomic E-state index is 12.0. The zero-order chi connectivity index (χ0) is 15.1. The van der Waals surface area contributed by atoms with Crippen LogP contribution in [-0.4, -0.2) is 46.0 Å². The number of carbonyl (C=O) groups is 2. The molecule has 2 saturated heterocycles. The van der Waals surface area contributed by atoms with E-state index in [0.29, 0.717) is 19.5 Å². The molecule has 2 aliphatic rings. The van der Waals surface area contributed by atoms with E-state index in [0.717, 1.165) is 23.1 Å². The molecular weight excluding hydrogens is 268 g/mol. The molecule has 0 radical (unpaired) electrons. The van der Waals surface area contributed by atoms with Gasteiger partial charge >= 0.3 is 6.09 Å². The van der Waals surface area contributed by atoms with E-state index >= 15 is 0 Å². The highest BCUT2D eigenvalue weighted by molar-refractivity contribution is 5.79. The van der Waals surface area contributed by atoms with Crippen molar-refractivity contribution in [1.82, 2.24) is 9.80 Å².